The monoisotopic (exact) mass is 1240 g/mol. The summed E-state index contributed by atoms with van der Waals surface area (Å²) in [7, 11) is -9.89. The Hall–Kier alpha value is -1.94. The Kier molecular flexibility index (Phi) is 56.2. The van der Waals surface area contributed by atoms with Gasteiger partial charge >= 0.3 is 39.5 Å². The Morgan fingerprint density at radius 2 is 0.571 bits per heavy atom. The second kappa shape index (κ2) is 57.5. The Labute approximate surface area is 511 Å². The Balaban J connectivity index is 5.24. The number of esters is 4. The van der Waals surface area contributed by atoms with E-state index in [-0.39, 0.29) is 25.7 Å². The van der Waals surface area contributed by atoms with Crippen LogP contribution in [0.25, 0.3) is 0 Å². The van der Waals surface area contributed by atoms with E-state index in [2.05, 4.69) is 41.5 Å². The summed E-state index contributed by atoms with van der Waals surface area (Å²) < 4.78 is 68.0. The van der Waals surface area contributed by atoms with Gasteiger partial charge in [0.2, 0.25) is 0 Å². The molecule has 0 spiro atoms. The van der Waals surface area contributed by atoms with Crippen LogP contribution in [0.5, 0.6) is 0 Å². The van der Waals surface area contributed by atoms with Gasteiger partial charge in [-0.2, -0.15) is 0 Å². The van der Waals surface area contributed by atoms with Gasteiger partial charge in [0.15, 0.2) is 12.2 Å². The number of phosphoric acid groups is 2. The molecule has 7 atom stereocenters. The molecule has 3 N–H and O–H groups in total. The first-order valence-electron chi connectivity index (χ1n) is 34.1. The van der Waals surface area contributed by atoms with Crippen LogP contribution < -0.4 is 0 Å². The molecule has 0 amide bonds. The van der Waals surface area contributed by atoms with Crippen LogP contribution in [-0.4, -0.2) is 96.7 Å². The van der Waals surface area contributed by atoms with Crippen molar-refractivity contribution >= 4 is 39.5 Å². The molecule has 0 aliphatic rings. The maximum absolute atomic E-state index is 13.0. The fraction of sp³-hybridized carbons (Fsp3) is 0.938. The minimum atomic E-state index is -4.95. The number of ether oxygens (including phenoxy) is 4. The smallest absolute Gasteiger partial charge is 0.462 e. The molecular weight excluding hydrogens is 1110 g/mol. The second-order valence-corrected chi connectivity index (χ2v) is 26.9. The Morgan fingerprint density at radius 1 is 0.333 bits per heavy atom. The molecule has 0 aliphatic heterocycles. The van der Waals surface area contributed by atoms with Gasteiger partial charge in [0.25, 0.3) is 0 Å². The summed E-state index contributed by atoms with van der Waals surface area (Å²) >= 11 is 0. The highest BCUT2D eigenvalue weighted by Gasteiger charge is 2.30. The third-order valence-electron chi connectivity index (χ3n) is 15.7. The third kappa shape index (κ3) is 56.6. The molecule has 0 aromatic rings. The Bertz CT molecular complexity index is 1650. The normalized spacial score (nSPS) is 14.9. The zero-order valence-electron chi connectivity index (χ0n) is 54.2. The lowest BCUT2D eigenvalue weighted by molar-refractivity contribution is -0.161. The van der Waals surface area contributed by atoms with Gasteiger partial charge in [0.1, 0.15) is 19.3 Å². The fourth-order valence-corrected chi connectivity index (χ4v) is 11.2. The highest BCUT2D eigenvalue weighted by molar-refractivity contribution is 7.47. The predicted octanol–water partition coefficient (Wildman–Crippen LogP) is 18.0. The molecule has 0 radical (unpaired) electrons. The van der Waals surface area contributed by atoms with Crippen LogP contribution in [0, 0.1) is 11.8 Å². The van der Waals surface area contributed by atoms with E-state index in [0.717, 1.165) is 102 Å². The van der Waals surface area contributed by atoms with Crippen LogP contribution in [-0.2, 0) is 65.4 Å². The zero-order chi connectivity index (χ0) is 62.2. The minimum absolute atomic E-state index is 0.105. The molecule has 0 heterocycles. The number of unbranched alkanes of at least 4 members (excludes halogenated alkanes) is 32. The molecule has 0 aromatic heterocycles. The van der Waals surface area contributed by atoms with Crippen LogP contribution in [0.4, 0.5) is 0 Å². The Morgan fingerprint density at radius 3 is 0.845 bits per heavy atom. The lowest BCUT2D eigenvalue weighted by atomic mass is 9.99. The van der Waals surface area contributed by atoms with Crippen LogP contribution in [0.15, 0.2) is 0 Å². The number of hydrogen-bond acceptors (Lipinski definition) is 15. The van der Waals surface area contributed by atoms with Crippen LogP contribution in [0.3, 0.4) is 0 Å². The lowest BCUT2D eigenvalue weighted by Crippen LogP contribution is -2.30. The summed E-state index contributed by atoms with van der Waals surface area (Å²) in [5.41, 5.74) is 0. The van der Waals surface area contributed by atoms with Crippen molar-refractivity contribution in [2.75, 3.05) is 39.6 Å². The zero-order valence-corrected chi connectivity index (χ0v) is 56.0. The molecule has 0 saturated heterocycles. The maximum atomic E-state index is 13.0. The summed E-state index contributed by atoms with van der Waals surface area (Å²) in [5, 5.41) is 10.5. The predicted molar refractivity (Wildman–Crippen MR) is 335 cm³/mol. The summed E-state index contributed by atoms with van der Waals surface area (Å²) in [5.74, 6) is -0.553. The molecule has 0 saturated carbocycles. The molecular formula is C65H126O17P2. The van der Waals surface area contributed by atoms with Crippen molar-refractivity contribution < 1.29 is 80.2 Å². The highest BCUT2D eigenvalue weighted by atomic mass is 31.2. The summed E-state index contributed by atoms with van der Waals surface area (Å²) in [6.45, 7) is 9.50. The van der Waals surface area contributed by atoms with Gasteiger partial charge in [0.05, 0.1) is 26.4 Å². The van der Waals surface area contributed by atoms with E-state index in [4.69, 9.17) is 37.0 Å². The molecule has 0 bridgehead atoms. The summed E-state index contributed by atoms with van der Waals surface area (Å²) in [6.07, 6.45) is 40.1. The molecule has 19 heteroatoms. The van der Waals surface area contributed by atoms with Crippen molar-refractivity contribution in [3.8, 4) is 0 Å². The average Bonchev–Trinajstić information content (AvgIpc) is 3.66. The summed E-state index contributed by atoms with van der Waals surface area (Å²) in [4.78, 5) is 72.2. The van der Waals surface area contributed by atoms with Crippen molar-refractivity contribution in [1.82, 2.24) is 0 Å². The second-order valence-electron chi connectivity index (χ2n) is 24.0. The van der Waals surface area contributed by atoms with Crippen molar-refractivity contribution in [3.05, 3.63) is 0 Å². The molecule has 0 rings (SSSR count). The number of carbonyl (C=O) groups is 4. The van der Waals surface area contributed by atoms with E-state index in [1.165, 1.54) is 141 Å². The van der Waals surface area contributed by atoms with Gasteiger partial charge in [-0.05, 0) is 37.5 Å². The molecule has 84 heavy (non-hydrogen) atoms. The first kappa shape index (κ1) is 82.1. The highest BCUT2D eigenvalue weighted by Crippen LogP contribution is 2.45. The molecule has 498 valence electrons. The topological polar surface area (TPSA) is 237 Å². The quantitative estimate of drug-likeness (QED) is 0.0222. The van der Waals surface area contributed by atoms with Crippen LogP contribution >= 0.6 is 15.6 Å². The van der Waals surface area contributed by atoms with E-state index in [1.807, 2.05) is 0 Å². The van der Waals surface area contributed by atoms with Crippen LogP contribution in [0.1, 0.15) is 324 Å². The molecule has 4 unspecified atom stereocenters. The molecule has 0 aromatic carbocycles. The van der Waals surface area contributed by atoms with E-state index < -0.39 is 97.5 Å². The number of rotatable bonds is 64. The van der Waals surface area contributed by atoms with Gasteiger partial charge in [-0.25, -0.2) is 9.13 Å². The van der Waals surface area contributed by atoms with Gasteiger partial charge in [-0.1, -0.05) is 273 Å². The van der Waals surface area contributed by atoms with Gasteiger partial charge < -0.3 is 33.8 Å². The number of carbonyl (C=O) groups excluding carboxylic acids is 4. The molecule has 0 fully saturated rings. The van der Waals surface area contributed by atoms with E-state index in [1.54, 1.807) is 0 Å². The average molecular weight is 1240 g/mol. The number of hydrogen-bond donors (Lipinski definition) is 3. The van der Waals surface area contributed by atoms with Gasteiger partial charge in [-0.3, -0.25) is 37.3 Å². The first-order valence-corrected chi connectivity index (χ1v) is 37.1. The van der Waals surface area contributed by atoms with E-state index >= 15 is 0 Å². The number of phosphoric ester groups is 2. The SMILES string of the molecule is CCCCCCCCCCCC(=O)OC[C@H](COP(=O)(O)OC[C@H](O)COP(=O)(O)OC[C@@H](COC(=O)CCCCCCCCCCC(C)CC)OC(=O)CCCCCCCCCCCCC(C)CC)OC(=O)CCCCCCCCCCC. The van der Waals surface area contributed by atoms with Gasteiger partial charge in [0, 0.05) is 25.7 Å². The maximum Gasteiger partial charge on any atom is 0.472 e. The first-order chi connectivity index (χ1) is 40.4. The van der Waals surface area contributed by atoms with Crippen molar-refractivity contribution in [2.45, 2.75) is 342 Å². The van der Waals surface area contributed by atoms with Crippen LogP contribution in [0.2, 0.25) is 0 Å². The summed E-state index contributed by atoms with van der Waals surface area (Å²) in [6, 6.07) is 0. The minimum Gasteiger partial charge on any atom is -0.462 e. The van der Waals surface area contributed by atoms with E-state index in [0.29, 0.717) is 25.7 Å². The lowest BCUT2D eigenvalue weighted by Gasteiger charge is -2.21. The third-order valence-corrected chi connectivity index (χ3v) is 17.6. The molecule has 17 nitrogen and oxygen atoms in total. The molecule has 0 aliphatic carbocycles. The van der Waals surface area contributed by atoms with E-state index in [9.17, 15) is 43.2 Å². The van der Waals surface area contributed by atoms with Crippen molar-refractivity contribution in [3.63, 3.8) is 0 Å². The van der Waals surface area contributed by atoms with Crippen molar-refractivity contribution in [2.24, 2.45) is 11.8 Å². The van der Waals surface area contributed by atoms with Gasteiger partial charge in [-0.15, -0.1) is 0 Å². The fourth-order valence-electron chi connectivity index (χ4n) is 9.64. The standard InChI is InChI=1S/C65H126O17P2/c1-7-11-13-15-17-21-29-35-41-47-62(67)75-53-60(81-64(69)49-43-37-31-22-18-16-14-12-8-2)55-79-83(71,72)77-51-59(66)52-78-84(73,74)80-56-61(54-76-63(68)48-42-36-30-26-25-28-34-40-46-58(6)10-4)82-65(70)50-44-38-32-24-20-19-23-27-33-39-45-57(5)9-3/h57-61,66H,7-56H2,1-6H3,(H,71,72)(H,73,74)/t57?,58?,59-,60+,61+/m0/s1. The number of aliphatic hydroxyl groups excluding tert-OH is 1. The van der Waals surface area contributed by atoms with Crippen molar-refractivity contribution in [1.29, 1.82) is 0 Å². The largest absolute Gasteiger partial charge is 0.472 e. The number of aliphatic hydroxyl groups is 1.